The maximum Gasteiger partial charge on any atom is 0.406 e. The third-order valence-electron chi connectivity index (χ3n) is 2.64. The van der Waals surface area contributed by atoms with Gasteiger partial charge in [0.25, 0.3) is 0 Å². The molecule has 0 aromatic rings. The van der Waals surface area contributed by atoms with Gasteiger partial charge in [0.2, 0.25) is 0 Å². The Labute approximate surface area is 86.0 Å². The van der Waals surface area contributed by atoms with E-state index in [4.69, 9.17) is 0 Å². The average molecular weight is 225 g/mol. The van der Waals surface area contributed by atoms with Crippen LogP contribution in [0.2, 0.25) is 0 Å². The molecule has 15 heavy (non-hydrogen) atoms. The molecule has 0 heterocycles. The van der Waals surface area contributed by atoms with Gasteiger partial charge in [0.15, 0.2) is 0 Å². The van der Waals surface area contributed by atoms with E-state index in [2.05, 4.69) is 10.1 Å². The van der Waals surface area contributed by atoms with Gasteiger partial charge in [-0.1, -0.05) is 6.92 Å². The van der Waals surface area contributed by atoms with Crippen molar-refractivity contribution in [1.82, 2.24) is 5.32 Å². The zero-order chi connectivity index (χ0) is 11.7. The predicted octanol–water partition coefficient (Wildman–Crippen LogP) is 1.62. The number of rotatable bonds is 4. The smallest absolute Gasteiger partial charge is 0.406 e. The van der Waals surface area contributed by atoms with E-state index in [0.717, 1.165) is 0 Å². The van der Waals surface area contributed by atoms with Crippen LogP contribution in [-0.4, -0.2) is 30.8 Å². The molecule has 0 amide bonds. The van der Waals surface area contributed by atoms with E-state index >= 15 is 0 Å². The topological polar surface area (TPSA) is 38.3 Å². The van der Waals surface area contributed by atoms with Crippen molar-refractivity contribution in [2.24, 2.45) is 0 Å². The van der Waals surface area contributed by atoms with E-state index in [-0.39, 0.29) is 19.3 Å². The lowest BCUT2D eigenvalue weighted by Crippen LogP contribution is -2.52. The summed E-state index contributed by atoms with van der Waals surface area (Å²) in [7, 11) is 1.17. The Hall–Kier alpha value is -0.780. The van der Waals surface area contributed by atoms with E-state index in [1.54, 1.807) is 6.92 Å². The van der Waals surface area contributed by atoms with Crippen LogP contribution in [0.3, 0.4) is 0 Å². The number of methoxy groups -OCH3 is 1. The van der Waals surface area contributed by atoms with Crippen molar-refractivity contribution in [1.29, 1.82) is 0 Å². The predicted molar refractivity (Wildman–Crippen MR) is 47.3 cm³/mol. The summed E-state index contributed by atoms with van der Waals surface area (Å²) in [6, 6.07) is -0.876. The number of carbonyl (C=O) groups is 1. The highest BCUT2D eigenvalue weighted by atomic mass is 19.4. The Kier molecular flexibility index (Phi) is 3.28. The molecule has 0 aromatic heterocycles. The van der Waals surface area contributed by atoms with Crippen molar-refractivity contribution in [2.75, 3.05) is 7.11 Å². The van der Waals surface area contributed by atoms with Gasteiger partial charge < -0.3 is 4.74 Å². The van der Waals surface area contributed by atoms with Crippen LogP contribution in [0, 0.1) is 0 Å². The van der Waals surface area contributed by atoms with E-state index in [9.17, 15) is 18.0 Å². The Morgan fingerprint density at radius 3 is 2.33 bits per heavy atom. The standard InChI is InChI=1S/C9H14F3NO2/c1-3-6(7(14)15-2)13-8(4-5-8)9(10,11)12/h6,13H,3-5H2,1-2H3. The first kappa shape index (κ1) is 12.3. The van der Waals surface area contributed by atoms with Gasteiger partial charge in [-0.3, -0.25) is 10.1 Å². The molecule has 6 heteroatoms. The van der Waals surface area contributed by atoms with Gasteiger partial charge in [0.05, 0.1) is 7.11 Å². The molecule has 3 nitrogen and oxygen atoms in total. The molecule has 0 saturated heterocycles. The minimum Gasteiger partial charge on any atom is -0.468 e. The molecule has 1 fully saturated rings. The number of hydrogen-bond acceptors (Lipinski definition) is 3. The third kappa shape index (κ3) is 2.42. The van der Waals surface area contributed by atoms with Crippen LogP contribution in [0.5, 0.6) is 0 Å². The molecule has 0 aromatic carbocycles. The van der Waals surface area contributed by atoms with E-state index in [0.29, 0.717) is 0 Å². The second-order valence-electron chi connectivity index (χ2n) is 3.71. The van der Waals surface area contributed by atoms with Crippen molar-refractivity contribution in [3.63, 3.8) is 0 Å². The molecule has 0 bridgehead atoms. The minimum absolute atomic E-state index is 0.0317. The number of halogens is 3. The molecular weight excluding hydrogens is 211 g/mol. The molecule has 1 rings (SSSR count). The number of hydrogen-bond donors (Lipinski definition) is 1. The summed E-state index contributed by atoms with van der Waals surface area (Å²) in [5.41, 5.74) is -1.86. The normalized spacial score (nSPS) is 20.9. The summed E-state index contributed by atoms with van der Waals surface area (Å²) in [4.78, 5) is 11.1. The summed E-state index contributed by atoms with van der Waals surface area (Å²) < 4.78 is 42.1. The minimum atomic E-state index is -4.30. The van der Waals surface area contributed by atoms with Crippen LogP contribution in [0.1, 0.15) is 26.2 Å². The van der Waals surface area contributed by atoms with Crippen LogP contribution in [-0.2, 0) is 9.53 Å². The first-order valence-electron chi connectivity index (χ1n) is 4.78. The fourth-order valence-electron chi connectivity index (χ4n) is 1.44. The molecular formula is C9H14F3NO2. The second kappa shape index (κ2) is 4.00. The molecule has 1 aliphatic rings. The van der Waals surface area contributed by atoms with Gasteiger partial charge in [-0.15, -0.1) is 0 Å². The summed E-state index contributed by atoms with van der Waals surface area (Å²) in [6.07, 6.45) is -3.95. The first-order chi connectivity index (χ1) is 6.86. The maximum absolute atomic E-state index is 12.5. The highest BCUT2D eigenvalue weighted by molar-refractivity contribution is 5.75. The van der Waals surface area contributed by atoms with Gasteiger partial charge in [0, 0.05) is 0 Å². The molecule has 1 aliphatic carbocycles. The van der Waals surface area contributed by atoms with E-state index in [1.807, 2.05) is 0 Å². The SMILES string of the molecule is CCC(NC1(C(F)(F)F)CC1)C(=O)OC. The highest BCUT2D eigenvalue weighted by Gasteiger charge is 2.64. The van der Waals surface area contributed by atoms with Crippen molar-refractivity contribution >= 4 is 5.97 Å². The monoisotopic (exact) mass is 225 g/mol. The number of carbonyl (C=O) groups excluding carboxylic acids is 1. The molecule has 88 valence electrons. The van der Waals surface area contributed by atoms with Crippen molar-refractivity contribution in [2.45, 2.75) is 43.9 Å². The highest BCUT2D eigenvalue weighted by Crippen LogP contribution is 2.49. The van der Waals surface area contributed by atoms with Gasteiger partial charge in [0.1, 0.15) is 11.6 Å². The van der Waals surface area contributed by atoms with Gasteiger partial charge in [-0.05, 0) is 19.3 Å². The lowest BCUT2D eigenvalue weighted by atomic mass is 10.1. The molecule has 0 radical (unpaired) electrons. The number of ether oxygens (including phenoxy) is 1. The van der Waals surface area contributed by atoms with Crippen LogP contribution < -0.4 is 5.32 Å². The fourth-order valence-corrected chi connectivity index (χ4v) is 1.44. The fraction of sp³-hybridized carbons (Fsp3) is 0.889. The third-order valence-corrected chi connectivity index (χ3v) is 2.64. The second-order valence-corrected chi connectivity index (χ2v) is 3.71. The lowest BCUT2D eigenvalue weighted by Gasteiger charge is -2.25. The van der Waals surface area contributed by atoms with E-state index < -0.39 is 23.7 Å². The summed E-state index contributed by atoms with van der Waals surface area (Å²) in [6.45, 7) is 1.64. The Morgan fingerprint density at radius 2 is 2.07 bits per heavy atom. The van der Waals surface area contributed by atoms with E-state index in [1.165, 1.54) is 7.11 Å². The first-order valence-corrected chi connectivity index (χ1v) is 4.78. The molecule has 0 aliphatic heterocycles. The molecule has 1 unspecified atom stereocenters. The van der Waals surface area contributed by atoms with Crippen molar-refractivity contribution in [3.8, 4) is 0 Å². The summed E-state index contributed by atoms with van der Waals surface area (Å²) in [5, 5.41) is 2.35. The van der Waals surface area contributed by atoms with Gasteiger partial charge in [-0.2, -0.15) is 13.2 Å². The number of esters is 1. The molecule has 1 N–H and O–H groups in total. The summed E-state index contributed by atoms with van der Waals surface area (Å²) >= 11 is 0. The van der Waals surface area contributed by atoms with Gasteiger partial charge >= 0.3 is 12.1 Å². The number of alkyl halides is 3. The average Bonchev–Trinajstić information content (AvgIpc) is 2.93. The zero-order valence-corrected chi connectivity index (χ0v) is 8.65. The van der Waals surface area contributed by atoms with Crippen LogP contribution in [0.4, 0.5) is 13.2 Å². The van der Waals surface area contributed by atoms with Crippen LogP contribution in [0.15, 0.2) is 0 Å². The van der Waals surface area contributed by atoms with Gasteiger partial charge in [-0.25, -0.2) is 0 Å². The zero-order valence-electron chi connectivity index (χ0n) is 8.65. The summed E-state index contributed by atoms with van der Waals surface area (Å²) in [5.74, 6) is -0.645. The lowest BCUT2D eigenvalue weighted by molar-refractivity contribution is -0.171. The molecule has 0 spiro atoms. The largest absolute Gasteiger partial charge is 0.468 e. The Bertz CT molecular complexity index is 248. The maximum atomic E-state index is 12.5. The molecule has 1 atom stereocenters. The van der Waals surface area contributed by atoms with Crippen molar-refractivity contribution in [3.05, 3.63) is 0 Å². The van der Waals surface area contributed by atoms with Crippen molar-refractivity contribution < 1.29 is 22.7 Å². The quantitative estimate of drug-likeness (QED) is 0.739. The number of nitrogens with one attached hydrogen (secondary N) is 1. The van der Waals surface area contributed by atoms with Crippen LogP contribution >= 0.6 is 0 Å². The Morgan fingerprint density at radius 1 is 1.53 bits per heavy atom. The Balaban J connectivity index is 2.64. The van der Waals surface area contributed by atoms with Crippen LogP contribution in [0.25, 0.3) is 0 Å². The molecule has 1 saturated carbocycles.